The number of nitrogens with zero attached hydrogens (tertiary/aromatic N) is 1. The molecule has 12 heteroatoms. The smallest absolute Gasteiger partial charge is 0.458 e. The molecule has 0 spiro atoms. The molecule has 23 heavy (non-hydrogen) atoms. The normalized spacial score (nSPS) is 14.0. The average molecular weight is 340 g/mol. The third kappa shape index (κ3) is 3.53. The van der Waals surface area contributed by atoms with Crippen molar-refractivity contribution in [3.8, 4) is 0 Å². The lowest BCUT2D eigenvalue weighted by atomic mass is 10.1. The number of benzene rings is 1. The second-order valence-corrected chi connectivity index (χ2v) is 4.05. The second-order valence-electron chi connectivity index (χ2n) is 4.05. The van der Waals surface area contributed by atoms with Crippen LogP contribution in [0.2, 0.25) is 0 Å². The Labute approximate surface area is 124 Å². The molecule has 2 N–H and O–H groups in total. The Balaban J connectivity index is 3.20. The van der Waals surface area contributed by atoms with Crippen molar-refractivity contribution >= 4 is 23.3 Å². The Morgan fingerprint density at radius 3 is 2.26 bits per heavy atom. The number of ether oxygens (including phenoxy) is 1. The molecule has 0 radical (unpaired) electrons. The predicted octanol–water partition coefficient (Wildman–Crippen LogP) is 2.11. The van der Waals surface area contributed by atoms with Gasteiger partial charge in [-0.1, -0.05) is 0 Å². The van der Waals surface area contributed by atoms with E-state index in [0.29, 0.717) is 19.2 Å². The highest BCUT2D eigenvalue weighted by Gasteiger charge is 2.63. The molecule has 0 aromatic heterocycles. The van der Waals surface area contributed by atoms with E-state index >= 15 is 0 Å². The van der Waals surface area contributed by atoms with Crippen LogP contribution in [0.3, 0.4) is 0 Å². The molecular weight excluding hydrogens is 332 g/mol. The SMILES string of the molecule is CO[C@](F)(C(=O)Nc1ccc(C(=O)O)c([N+](=O)[O-])c1)C(F)(F)F. The van der Waals surface area contributed by atoms with Gasteiger partial charge in [0.05, 0.1) is 4.92 Å². The minimum Gasteiger partial charge on any atom is -0.477 e. The number of nitrogens with one attached hydrogen (secondary N) is 1. The topological polar surface area (TPSA) is 119 Å². The maximum atomic E-state index is 13.6. The number of methoxy groups -OCH3 is 1. The number of alkyl halides is 4. The number of carbonyl (C=O) groups is 2. The molecule has 126 valence electrons. The third-order valence-corrected chi connectivity index (χ3v) is 2.62. The van der Waals surface area contributed by atoms with Crippen molar-refractivity contribution in [3.05, 3.63) is 33.9 Å². The first kappa shape index (κ1) is 18.3. The lowest BCUT2D eigenvalue weighted by Crippen LogP contribution is -2.52. The molecule has 0 aliphatic rings. The predicted molar refractivity (Wildman–Crippen MR) is 65.6 cm³/mol. The fourth-order valence-corrected chi connectivity index (χ4v) is 1.49. The van der Waals surface area contributed by atoms with Crippen LogP contribution in [0.5, 0.6) is 0 Å². The summed E-state index contributed by atoms with van der Waals surface area (Å²) >= 11 is 0. The van der Waals surface area contributed by atoms with Crippen molar-refractivity contribution in [1.29, 1.82) is 0 Å². The molecule has 0 fully saturated rings. The summed E-state index contributed by atoms with van der Waals surface area (Å²) in [5.41, 5.74) is -2.37. The van der Waals surface area contributed by atoms with Crippen LogP contribution < -0.4 is 5.32 Å². The fourth-order valence-electron chi connectivity index (χ4n) is 1.49. The summed E-state index contributed by atoms with van der Waals surface area (Å²) < 4.78 is 54.6. The number of carboxylic acid groups (broad SMARTS) is 1. The Morgan fingerprint density at radius 1 is 1.30 bits per heavy atom. The number of carbonyl (C=O) groups excluding carboxylic acids is 1. The summed E-state index contributed by atoms with van der Waals surface area (Å²) in [6.45, 7) is 0. The number of nitro benzene ring substituents is 1. The first-order chi connectivity index (χ1) is 10.4. The monoisotopic (exact) mass is 340 g/mol. The Bertz CT molecular complexity index is 662. The molecule has 0 saturated carbocycles. The highest BCUT2D eigenvalue weighted by Crippen LogP contribution is 2.36. The Morgan fingerprint density at radius 2 is 1.87 bits per heavy atom. The van der Waals surface area contributed by atoms with E-state index in [0.717, 1.165) is 6.07 Å². The van der Waals surface area contributed by atoms with Crippen LogP contribution in [-0.2, 0) is 9.53 Å². The van der Waals surface area contributed by atoms with Gasteiger partial charge in [0.2, 0.25) is 0 Å². The van der Waals surface area contributed by atoms with Crippen LogP contribution in [-0.4, -0.2) is 41.0 Å². The van der Waals surface area contributed by atoms with Gasteiger partial charge >= 0.3 is 18.0 Å². The van der Waals surface area contributed by atoms with E-state index in [2.05, 4.69) is 4.74 Å². The van der Waals surface area contributed by atoms with Gasteiger partial charge < -0.3 is 15.2 Å². The molecule has 0 bridgehead atoms. The number of nitro groups is 1. The summed E-state index contributed by atoms with van der Waals surface area (Å²) in [6, 6.07) is 1.92. The zero-order chi connectivity index (χ0) is 18.0. The summed E-state index contributed by atoms with van der Waals surface area (Å²) in [7, 11) is 0.309. The maximum Gasteiger partial charge on any atom is 0.458 e. The number of hydrogen-bond donors (Lipinski definition) is 2. The lowest BCUT2D eigenvalue weighted by Gasteiger charge is -2.24. The minimum atomic E-state index is -5.70. The van der Waals surface area contributed by atoms with E-state index in [4.69, 9.17) is 5.11 Å². The largest absolute Gasteiger partial charge is 0.477 e. The Hall–Kier alpha value is -2.76. The van der Waals surface area contributed by atoms with Gasteiger partial charge in [0, 0.05) is 18.9 Å². The molecule has 1 aromatic carbocycles. The summed E-state index contributed by atoms with van der Waals surface area (Å²) in [5.74, 6) is -8.61. The van der Waals surface area contributed by atoms with E-state index in [1.165, 1.54) is 5.32 Å². The van der Waals surface area contributed by atoms with Gasteiger partial charge in [-0.3, -0.25) is 14.9 Å². The van der Waals surface area contributed by atoms with Crippen LogP contribution in [0, 0.1) is 10.1 Å². The van der Waals surface area contributed by atoms with Crippen molar-refractivity contribution < 1.29 is 41.9 Å². The standard InChI is InChI=1S/C11H8F4N2O6/c1-23-10(12,11(13,14)15)9(20)16-5-2-3-6(8(18)19)7(4-5)17(21)22/h2-4H,1H3,(H,16,20)(H,18,19)/t10-/m1/s1. The van der Waals surface area contributed by atoms with Crippen LogP contribution in [0.1, 0.15) is 10.4 Å². The number of rotatable bonds is 5. The highest BCUT2D eigenvalue weighted by molar-refractivity contribution is 5.98. The van der Waals surface area contributed by atoms with Gasteiger partial charge in [-0.2, -0.15) is 17.6 Å². The molecule has 0 saturated heterocycles. The zero-order valence-electron chi connectivity index (χ0n) is 11.2. The molecule has 0 aliphatic heterocycles. The van der Waals surface area contributed by atoms with E-state index in [1.807, 2.05) is 0 Å². The summed E-state index contributed by atoms with van der Waals surface area (Å²) in [5, 5.41) is 20.9. The first-order valence-corrected chi connectivity index (χ1v) is 5.58. The van der Waals surface area contributed by atoms with Crippen molar-refractivity contribution in [2.24, 2.45) is 0 Å². The van der Waals surface area contributed by atoms with Crippen molar-refractivity contribution in [3.63, 3.8) is 0 Å². The highest BCUT2D eigenvalue weighted by atomic mass is 19.4. The number of carboxylic acids is 1. The van der Waals surface area contributed by atoms with Crippen molar-refractivity contribution in [1.82, 2.24) is 0 Å². The molecule has 0 heterocycles. The summed E-state index contributed by atoms with van der Waals surface area (Å²) in [6.07, 6.45) is -5.70. The molecule has 0 aliphatic carbocycles. The van der Waals surface area contributed by atoms with Gasteiger partial charge in [-0.15, -0.1) is 0 Å². The lowest BCUT2D eigenvalue weighted by molar-refractivity contribution is -0.385. The van der Waals surface area contributed by atoms with E-state index in [-0.39, 0.29) is 0 Å². The van der Waals surface area contributed by atoms with Crippen LogP contribution >= 0.6 is 0 Å². The maximum absolute atomic E-state index is 13.6. The van der Waals surface area contributed by atoms with Gasteiger partial charge in [0.25, 0.3) is 11.6 Å². The van der Waals surface area contributed by atoms with Gasteiger partial charge in [0.1, 0.15) is 5.56 Å². The molecule has 1 rings (SSSR count). The molecule has 1 aromatic rings. The molecule has 1 amide bonds. The number of aromatic carboxylic acids is 1. The average Bonchev–Trinajstić information content (AvgIpc) is 2.44. The number of hydrogen-bond acceptors (Lipinski definition) is 5. The number of amides is 1. The van der Waals surface area contributed by atoms with Gasteiger partial charge in [-0.25, -0.2) is 4.79 Å². The van der Waals surface area contributed by atoms with Crippen LogP contribution in [0.15, 0.2) is 18.2 Å². The van der Waals surface area contributed by atoms with E-state index < -0.39 is 45.8 Å². The second kappa shape index (κ2) is 6.16. The molecule has 0 unspecified atom stereocenters. The van der Waals surface area contributed by atoms with E-state index in [9.17, 15) is 37.3 Å². The first-order valence-electron chi connectivity index (χ1n) is 5.58. The third-order valence-electron chi connectivity index (χ3n) is 2.62. The zero-order valence-corrected chi connectivity index (χ0v) is 11.2. The van der Waals surface area contributed by atoms with Crippen molar-refractivity contribution in [2.45, 2.75) is 12.0 Å². The number of halogens is 4. The number of anilines is 1. The molecule has 1 atom stereocenters. The van der Waals surface area contributed by atoms with Gasteiger partial charge in [0.15, 0.2) is 0 Å². The van der Waals surface area contributed by atoms with Gasteiger partial charge in [-0.05, 0) is 12.1 Å². The minimum absolute atomic E-state index is 0.309. The summed E-state index contributed by atoms with van der Waals surface area (Å²) in [4.78, 5) is 31.8. The fraction of sp³-hybridized carbons (Fsp3) is 0.273. The van der Waals surface area contributed by atoms with Crippen molar-refractivity contribution in [2.75, 3.05) is 12.4 Å². The van der Waals surface area contributed by atoms with Crippen LogP contribution in [0.4, 0.5) is 28.9 Å². The quantitative estimate of drug-likeness (QED) is 0.481. The Kier molecular flexibility index (Phi) is 4.90. The van der Waals surface area contributed by atoms with E-state index in [1.54, 1.807) is 0 Å². The molecule has 8 nitrogen and oxygen atoms in total. The molecular formula is C11H8F4N2O6. The van der Waals surface area contributed by atoms with Crippen LogP contribution in [0.25, 0.3) is 0 Å².